The van der Waals surface area contributed by atoms with Gasteiger partial charge in [0.2, 0.25) is 0 Å². The summed E-state index contributed by atoms with van der Waals surface area (Å²) in [6.07, 6.45) is 4.50. The fourth-order valence-electron chi connectivity index (χ4n) is 2.31. The number of carbonyl (C=O) groups is 1. The molecule has 2 aromatic rings. The summed E-state index contributed by atoms with van der Waals surface area (Å²) < 4.78 is 7.17. The fourth-order valence-corrected chi connectivity index (χ4v) is 2.31. The van der Waals surface area contributed by atoms with Crippen molar-refractivity contribution in [1.29, 1.82) is 0 Å². The molecule has 6 nitrogen and oxygen atoms in total. The highest BCUT2D eigenvalue weighted by molar-refractivity contribution is 5.98. The van der Waals surface area contributed by atoms with Gasteiger partial charge in [-0.3, -0.25) is 9.48 Å². The second-order valence-corrected chi connectivity index (χ2v) is 4.83. The Hall–Kier alpha value is -2.50. The molecular weight excluding hydrogens is 256 g/mol. The van der Waals surface area contributed by atoms with Crippen molar-refractivity contribution >= 4 is 17.3 Å². The molecule has 6 heteroatoms. The molecule has 0 bridgehead atoms. The smallest absolute Gasteiger partial charge is 0.265 e. The van der Waals surface area contributed by atoms with Gasteiger partial charge in [-0.25, -0.2) is 0 Å². The van der Waals surface area contributed by atoms with E-state index in [-0.39, 0.29) is 12.5 Å². The molecule has 0 fully saturated rings. The molecule has 1 aliphatic rings. The molecule has 3 rings (SSSR count). The number of hydrogen-bond acceptors (Lipinski definition) is 4. The molecule has 2 heterocycles. The standard InChI is InChI=1S/C14H16N4O2/c1-17-8-10(7-16-17)4-5-18-12-6-11(15)2-3-13(12)20-9-14(18)19/h2-3,6-8H,4-5,9,15H2,1H3. The quantitative estimate of drug-likeness (QED) is 0.845. The lowest BCUT2D eigenvalue weighted by molar-refractivity contribution is -0.121. The SMILES string of the molecule is Cn1cc(CCN2C(=O)COc3ccc(N)cc32)cn1. The number of aryl methyl sites for hydroxylation is 1. The molecule has 1 aromatic carbocycles. The molecule has 2 N–H and O–H groups in total. The molecule has 0 aliphatic carbocycles. The number of benzene rings is 1. The average molecular weight is 272 g/mol. The van der Waals surface area contributed by atoms with Crippen LogP contribution in [0.5, 0.6) is 5.75 Å². The largest absolute Gasteiger partial charge is 0.482 e. The molecule has 0 radical (unpaired) electrons. The summed E-state index contributed by atoms with van der Waals surface area (Å²) in [6.45, 7) is 0.661. The monoisotopic (exact) mass is 272 g/mol. The Bertz CT molecular complexity index is 650. The first-order chi connectivity index (χ1) is 9.63. The van der Waals surface area contributed by atoms with Crippen molar-refractivity contribution in [2.75, 3.05) is 23.8 Å². The van der Waals surface area contributed by atoms with Gasteiger partial charge in [-0.05, 0) is 30.2 Å². The third-order valence-corrected chi connectivity index (χ3v) is 3.31. The van der Waals surface area contributed by atoms with E-state index < -0.39 is 0 Å². The van der Waals surface area contributed by atoms with Crippen LogP contribution < -0.4 is 15.4 Å². The number of carbonyl (C=O) groups excluding carboxylic acids is 1. The van der Waals surface area contributed by atoms with Crippen molar-refractivity contribution in [3.63, 3.8) is 0 Å². The number of anilines is 2. The van der Waals surface area contributed by atoms with Crippen LogP contribution >= 0.6 is 0 Å². The van der Waals surface area contributed by atoms with E-state index in [2.05, 4.69) is 5.10 Å². The lowest BCUT2D eigenvalue weighted by Crippen LogP contribution is -2.40. The van der Waals surface area contributed by atoms with E-state index >= 15 is 0 Å². The zero-order valence-electron chi connectivity index (χ0n) is 11.2. The van der Waals surface area contributed by atoms with Crippen molar-refractivity contribution in [2.45, 2.75) is 6.42 Å². The minimum atomic E-state index is -0.0491. The maximum Gasteiger partial charge on any atom is 0.265 e. The fraction of sp³-hybridized carbons (Fsp3) is 0.286. The predicted octanol–water partition coefficient (Wildman–Crippen LogP) is 0.970. The first-order valence-electron chi connectivity index (χ1n) is 6.44. The molecule has 0 saturated carbocycles. The number of fused-ring (bicyclic) bond motifs is 1. The van der Waals surface area contributed by atoms with Crippen LogP contribution in [0.25, 0.3) is 0 Å². The van der Waals surface area contributed by atoms with E-state index in [0.717, 1.165) is 17.7 Å². The van der Waals surface area contributed by atoms with Crippen molar-refractivity contribution < 1.29 is 9.53 Å². The highest BCUT2D eigenvalue weighted by Crippen LogP contribution is 2.33. The second kappa shape index (κ2) is 4.88. The van der Waals surface area contributed by atoms with Crippen LogP contribution in [0.4, 0.5) is 11.4 Å². The van der Waals surface area contributed by atoms with E-state index in [9.17, 15) is 4.79 Å². The molecule has 1 aromatic heterocycles. The Kier molecular flexibility index (Phi) is 3.06. The Morgan fingerprint density at radius 2 is 2.30 bits per heavy atom. The van der Waals surface area contributed by atoms with Gasteiger partial charge in [0.05, 0.1) is 11.9 Å². The van der Waals surface area contributed by atoms with Gasteiger partial charge in [0, 0.05) is 25.5 Å². The summed E-state index contributed by atoms with van der Waals surface area (Å²) in [5.74, 6) is 0.650. The van der Waals surface area contributed by atoms with E-state index in [1.807, 2.05) is 19.4 Å². The number of nitrogen functional groups attached to an aromatic ring is 1. The Labute approximate surface area is 116 Å². The van der Waals surface area contributed by atoms with Crippen LogP contribution in [0.2, 0.25) is 0 Å². The number of hydrogen-bond donors (Lipinski definition) is 1. The third-order valence-electron chi connectivity index (χ3n) is 3.31. The second-order valence-electron chi connectivity index (χ2n) is 4.83. The number of aromatic nitrogens is 2. The Balaban J connectivity index is 1.82. The number of nitrogens with zero attached hydrogens (tertiary/aromatic N) is 3. The molecule has 1 amide bonds. The van der Waals surface area contributed by atoms with Crippen molar-refractivity contribution in [1.82, 2.24) is 9.78 Å². The molecular formula is C14H16N4O2. The van der Waals surface area contributed by atoms with Gasteiger partial charge in [-0.2, -0.15) is 5.10 Å². The van der Waals surface area contributed by atoms with Crippen LogP contribution in [0.3, 0.4) is 0 Å². The van der Waals surface area contributed by atoms with E-state index in [1.165, 1.54) is 0 Å². The number of rotatable bonds is 3. The molecule has 104 valence electrons. The summed E-state index contributed by atoms with van der Waals surface area (Å²) in [5, 5.41) is 4.13. The molecule has 0 atom stereocenters. The van der Waals surface area contributed by atoms with Gasteiger partial charge < -0.3 is 15.4 Å². The van der Waals surface area contributed by atoms with Crippen molar-refractivity contribution in [3.05, 3.63) is 36.2 Å². The molecule has 0 spiro atoms. The maximum absolute atomic E-state index is 12.0. The average Bonchev–Trinajstić information content (AvgIpc) is 2.83. The van der Waals surface area contributed by atoms with E-state index in [1.54, 1.807) is 27.8 Å². The van der Waals surface area contributed by atoms with Crippen LogP contribution in [0, 0.1) is 0 Å². The molecule has 0 saturated heterocycles. The van der Waals surface area contributed by atoms with Crippen LogP contribution in [0.1, 0.15) is 5.56 Å². The number of amides is 1. The van der Waals surface area contributed by atoms with Gasteiger partial charge in [0.1, 0.15) is 5.75 Å². The highest BCUT2D eigenvalue weighted by Gasteiger charge is 2.25. The predicted molar refractivity (Wildman–Crippen MR) is 75.6 cm³/mol. The summed E-state index contributed by atoms with van der Waals surface area (Å²) in [5.41, 5.74) is 8.25. The minimum Gasteiger partial charge on any atom is -0.482 e. The molecule has 20 heavy (non-hydrogen) atoms. The van der Waals surface area contributed by atoms with E-state index in [0.29, 0.717) is 18.0 Å². The maximum atomic E-state index is 12.0. The highest BCUT2D eigenvalue weighted by atomic mass is 16.5. The normalized spacial score (nSPS) is 14.1. The van der Waals surface area contributed by atoms with Gasteiger partial charge in [-0.15, -0.1) is 0 Å². The van der Waals surface area contributed by atoms with Crippen LogP contribution in [0.15, 0.2) is 30.6 Å². The van der Waals surface area contributed by atoms with Crippen molar-refractivity contribution in [2.24, 2.45) is 7.05 Å². The van der Waals surface area contributed by atoms with Gasteiger partial charge in [0.25, 0.3) is 5.91 Å². The first kappa shape index (κ1) is 12.5. The van der Waals surface area contributed by atoms with Crippen molar-refractivity contribution in [3.8, 4) is 5.75 Å². The van der Waals surface area contributed by atoms with Gasteiger partial charge in [0.15, 0.2) is 6.61 Å². The zero-order chi connectivity index (χ0) is 14.1. The lowest BCUT2D eigenvalue weighted by atomic mass is 10.2. The molecule has 0 unspecified atom stereocenters. The minimum absolute atomic E-state index is 0.0491. The third kappa shape index (κ3) is 2.32. The van der Waals surface area contributed by atoms with E-state index in [4.69, 9.17) is 10.5 Å². The number of ether oxygens (including phenoxy) is 1. The first-order valence-corrected chi connectivity index (χ1v) is 6.44. The van der Waals surface area contributed by atoms with Crippen LogP contribution in [-0.2, 0) is 18.3 Å². The van der Waals surface area contributed by atoms with Gasteiger partial charge >= 0.3 is 0 Å². The number of nitrogens with two attached hydrogens (primary N) is 1. The lowest BCUT2D eigenvalue weighted by Gasteiger charge is -2.29. The summed E-state index contributed by atoms with van der Waals surface area (Å²) in [7, 11) is 1.87. The summed E-state index contributed by atoms with van der Waals surface area (Å²) in [6, 6.07) is 5.34. The summed E-state index contributed by atoms with van der Waals surface area (Å²) in [4.78, 5) is 13.8. The molecule has 1 aliphatic heterocycles. The Morgan fingerprint density at radius 3 is 3.05 bits per heavy atom. The topological polar surface area (TPSA) is 73.4 Å². The zero-order valence-corrected chi connectivity index (χ0v) is 11.2. The Morgan fingerprint density at radius 1 is 1.45 bits per heavy atom. The van der Waals surface area contributed by atoms with Crippen LogP contribution in [-0.4, -0.2) is 28.8 Å². The summed E-state index contributed by atoms with van der Waals surface area (Å²) >= 11 is 0. The van der Waals surface area contributed by atoms with Gasteiger partial charge in [-0.1, -0.05) is 0 Å².